The summed E-state index contributed by atoms with van der Waals surface area (Å²) < 4.78 is 4.05. The highest BCUT2D eigenvalue weighted by molar-refractivity contribution is 6.05. The average Bonchev–Trinajstić information content (AvgIpc) is 3.05. The van der Waals surface area contributed by atoms with Crippen molar-refractivity contribution in [2.24, 2.45) is 14.1 Å². The summed E-state index contributed by atoms with van der Waals surface area (Å²) in [5, 5.41) is 4.84. The van der Waals surface area contributed by atoms with Gasteiger partial charge in [0.1, 0.15) is 0 Å². The zero-order valence-electron chi connectivity index (χ0n) is 23.3. The van der Waals surface area contributed by atoms with Gasteiger partial charge in [-0.3, -0.25) is 9.59 Å². The fraction of sp³-hybridized carbons (Fsp3) is 0.0526. The van der Waals surface area contributed by atoms with Crippen molar-refractivity contribution in [1.82, 2.24) is 9.13 Å². The summed E-state index contributed by atoms with van der Waals surface area (Å²) in [5.74, 6) is 0. The van der Waals surface area contributed by atoms with Crippen molar-refractivity contribution in [3.8, 4) is 22.3 Å². The topological polar surface area (TPSA) is 44.0 Å². The highest BCUT2D eigenvalue weighted by atomic mass is 16.1. The normalized spacial score (nSPS) is 11.8. The molecule has 2 aromatic heterocycles. The molecule has 8 rings (SSSR count). The molecule has 0 unspecified atom stereocenters. The van der Waals surface area contributed by atoms with Gasteiger partial charge in [0, 0.05) is 35.6 Å². The van der Waals surface area contributed by atoms with E-state index < -0.39 is 0 Å². The van der Waals surface area contributed by atoms with Crippen molar-refractivity contribution < 1.29 is 0 Å². The highest BCUT2D eigenvalue weighted by Gasteiger charge is 2.16. The van der Waals surface area contributed by atoms with Crippen LogP contribution in [0.3, 0.4) is 0 Å². The molecule has 0 aliphatic rings. The van der Waals surface area contributed by atoms with E-state index >= 15 is 0 Å². The summed E-state index contributed by atoms with van der Waals surface area (Å²) in [6.45, 7) is 0. The van der Waals surface area contributed by atoms with Crippen LogP contribution in [-0.4, -0.2) is 9.13 Å². The van der Waals surface area contributed by atoms with Gasteiger partial charge in [0.15, 0.2) is 10.9 Å². The number of fused-ring (bicyclic) bond motifs is 5. The Balaban J connectivity index is 1.40. The zero-order valence-corrected chi connectivity index (χ0v) is 23.3. The molecule has 0 aliphatic heterocycles. The fourth-order valence-corrected chi connectivity index (χ4v) is 6.52. The molecule has 42 heavy (non-hydrogen) atoms. The molecule has 0 amide bonds. The molecule has 6 aromatic carbocycles. The molecule has 0 saturated heterocycles. The first-order valence-corrected chi connectivity index (χ1v) is 14.1. The Morgan fingerprint density at radius 1 is 0.405 bits per heavy atom. The molecule has 0 fully saturated rings. The van der Waals surface area contributed by atoms with Crippen molar-refractivity contribution in [2.45, 2.75) is 0 Å². The molecule has 4 nitrogen and oxygen atoms in total. The number of pyridine rings is 2. The van der Waals surface area contributed by atoms with Gasteiger partial charge in [-0.25, -0.2) is 0 Å². The molecule has 0 aliphatic carbocycles. The molecular formula is C38H26N2O2. The number of aromatic nitrogens is 2. The predicted octanol–water partition coefficient (Wildman–Crippen LogP) is 8.18. The minimum Gasteiger partial charge on any atom is -0.343 e. The van der Waals surface area contributed by atoms with Gasteiger partial charge < -0.3 is 9.13 Å². The van der Waals surface area contributed by atoms with Crippen LogP contribution in [0.15, 0.2) is 131 Å². The van der Waals surface area contributed by atoms with Crippen LogP contribution in [0.1, 0.15) is 0 Å². The Morgan fingerprint density at radius 2 is 0.929 bits per heavy atom. The van der Waals surface area contributed by atoms with Gasteiger partial charge in [-0.15, -0.1) is 0 Å². The SMILES string of the molecule is Cn1c2ccc(-c3ccccc3)cc2c(=O)c2cc3c(cc21)c(=O)c1cc(-c2cccc4ccccc24)ccc1n3C. The van der Waals surface area contributed by atoms with Crippen LogP contribution in [0.4, 0.5) is 0 Å². The third kappa shape index (κ3) is 3.48. The Bertz CT molecular complexity index is 2520. The first-order valence-electron chi connectivity index (χ1n) is 14.1. The number of benzene rings is 6. The molecule has 0 spiro atoms. The third-order valence-electron chi connectivity index (χ3n) is 8.74. The van der Waals surface area contributed by atoms with Crippen LogP contribution in [0.5, 0.6) is 0 Å². The van der Waals surface area contributed by atoms with E-state index in [0.29, 0.717) is 21.5 Å². The maximum atomic E-state index is 14.1. The van der Waals surface area contributed by atoms with E-state index in [4.69, 9.17) is 0 Å². The van der Waals surface area contributed by atoms with E-state index in [1.807, 2.05) is 108 Å². The molecule has 4 heteroatoms. The van der Waals surface area contributed by atoms with Crippen molar-refractivity contribution in [3.63, 3.8) is 0 Å². The Morgan fingerprint density at radius 3 is 1.60 bits per heavy atom. The third-order valence-corrected chi connectivity index (χ3v) is 8.74. The van der Waals surface area contributed by atoms with Crippen LogP contribution in [0, 0.1) is 0 Å². The standard InChI is InChI=1S/C38H26N2O2/c1-39-33-17-15-25(23-9-4-3-5-10-23)19-29(33)37(41)31-21-36-32(22-35(31)39)38(42)30-20-26(16-18-34(30)40(36)2)28-14-8-12-24-11-6-7-13-27(24)28/h3-22H,1-2H3. The summed E-state index contributed by atoms with van der Waals surface area (Å²) in [4.78, 5) is 28.0. The summed E-state index contributed by atoms with van der Waals surface area (Å²) in [5.41, 5.74) is 7.26. The van der Waals surface area contributed by atoms with Gasteiger partial charge in [0.25, 0.3) is 0 Å². The van der Waals surface area contributed by atoms with Gasteiger partial charge in [-0.1, -0.05) is 84.9 Å². The average molecular weight is 543 g/mol. The molecular weight excluding hydrogens is 516 g/mol. The van der Waals surface area contributed by atoms with Crippen LogP contribution in [0.2, 0.25) is 0 Å². The summed E-state index contributed by atoms with van der Waals surface area (Å²) in [6.07, 6.45) is 0. The van der Waals surface area contributed by atoms with E-state index in [0.717, 1.165) is 55.1 Å². The number of hydrogen-bond acceptors (Lipinski definition) is 2. The summed E-state index contributed by atoms with van der Waals surface area (Å²) >= 11 is 0. The van der Waals surface area contributed by atoms with E-state index in [1.165, 1.54) is 0 Å². The Kier molecular flexibility index (Phi) is 5.22. The fourth-order valence-electron chi connectivity index (χ4n) is 6.52. The zero-order chi connectivity index (χ0) is 28.5. The minimum atomic E-state index is -0.0333. The largest absolute Gasteiger partial charge is 0.343 e. The monoisotopic (exact) mass is 542 g/mol. The van der Waals surface area contributed by atoms with Crippen molar-refractivity contribution in [1.29, 1.82) is 0 Å². The van der Waals surface area contributed by atoms with E-state index in [-0.39, 0.29) is 10.9 Å². The first-order chi connectivity index (χ1) is 20.5. The van der Waals surface area contributed by atoms with Crippen LogP contribution >= 0.6 is 0 Å². The van der Waals surface area contributed by atoms with Gasteiger partial charge >= 0.3 is 0 Å². The van der Waals surface area contributed by atoms with E-state index in [1.54, 1.807) is 0 Å². The Hall–Kier alpha value is -5.48. The molecule has 0 atom stereocenters. The summed E-state index contributed by atoms with van der Waals surface area (Å²) in [7, 11) is 3.93. The lowest BCUT2D eigenvalue weighted by Crippen LogP contribution is -2.13. The molecule has 8 aromatic rings. The smallest absolute Gasteiger partial charge is 0.197 e. The Labute approximate surface area is 241 Å². The number of rotatable bonds is 2. The number of aryl methyl sites for hydroxylation is 2. The number of nitrogens with zero attached hydrogens (tertiary/aromatic N) is 2. The lowest BCUT2D eigenvalue weighted by atomic mass is 9.96. The second-order valence-electron chi connectivity index (χ2n) is 11.0. The van der Waals surface area contributed by atoms with Crippen molar-refractivity contribution >= 4 is 54.4 Å². The molecule has 200 valence electrons. The summed E-state index contributed by atoms with van der Waals surface area (Å²) in [6, 6.07) is 40.6. The van der Waals surface area contributed by atoms with Crippen LogP contribution in [0.25, 0.3) is 76.6 Å². The van der Waals surface area contributed by atoms with E-state index in [2.05, 4.69) is 36.4 Å². The van der Waals surface area contributed by atoms with Crippen molar-refractivity contribution in [2.75, 3.05) is 0 Å². The second kappa shape index (κ2) is 9.02. The maximum Gasteiger partial charge on any atom is 0.197 e. The quantitative estimate of drug-likeness (QED) is 0.207. The van der Waals surface area contributed by atoms with Gasteiger partial charge in [-0.05, 0) is 69.4 Å². The van der Waals surface area contributed by atoms with Crippen molar-refractivity contribution in [3.05, 3.63) is 142 Å². The predicted molar refractivity (Wildman–Crippen MR) is 175 cm³/mol. The van der Waals surface area contributed by atoms with Gasteiger partial charge in [0.2, 0.25) is 0 Å². The minimum absolute atomic E-state index is 0.0309. The lowest BCUT2D eigenvalue weighted by molar-refractivity contribution is 0.994. The highest BCUT2D eigenvalue weighted by Crippen LogP contribution is 2.32. The molecule has 0 saturated carbocycles. The first kappa shape index (κ1) is 24.3. The second-order valence-corrected chi connectivity index (χ2v) is 11.0. The number of hydrogen-bond donors (Lipinski definition) is 0. The molecule has 0 radical (unpaired) electrons. The van der Waals surface area contributed by atoms with Crippen LogP contribution < -0.4 is 10.9 Å². The maximum absolute atomic E-state index is 14.1. The molecule has 2 heterocycles. The van der Waals surface area contributed by atoms with E-state index in [9.17, 15) is 9.59 Å². The molecule has 0 bridgehead atoms. The lowest BCUT2D eigenvalue weighted by Gasteiger charge is -2.16. The van der Waals surface area contributed by atoms with Crippen LogP contribution in [-0.2, 0) is 14.1 Å². The van der Waals surface area contributed by atoms with Gasteiger partial charge in [0.05, 0.1) is 22.1 Å². The van der Waals surface area contributed by atoms with Gasteiger partial charge in [-0.2, -0.15) is 0 Å². The molecule has 0 N–H and O–H groups in total.